The molecule has 0 spiro atoms. The summed E-state index contributed by atoms with van der Waals surface area (Å²) >= 11 is 12.3. The van der Waals surface area contributed by atoms with Gasteiger partial charge in [0.15, 0.2) is 0 Å². The summed E-state index contributed by atoms with van der Waals surface area (Å²) in [7, 11) is 3.20. The van der Waals surface area contributed by atoms with Gasteiger partial charge in [-0.05, 0) is 43.4 Å². The molecule has 2 heterocycles. The van der Waals surface area contributed by atoms with Crippen molar-refractivity contribution in [1.29, 1.82) is 0 Å². The number of ether oxygens (including phenoxy) is 1. The maximum absolute atomic E-state index is 13.4. The van der Waals surface area contributed by atoms with Gasteiger partial charge in [-0.1, -0.05) is 29.3 Å². The third-order valence-corrected chi connectivity index (χ3v) is 8.44. The van der Waals surface area contributed by atoms with Crippen LogP contribution in [0.3, 0.4) is 0 Å². The van der Waals surface area contributed by atoms with Gasteiger partial charge in [-0.3, -0.25) is 9.59 Å². The molecule has 0 bridgehead atoms. The second kappa shape index (κ2) is 10.3. The molecule has 3 amide bonds. The van der Waals surface area contributed by atoms with Crippen LogP contribution in [-0.2, 0) is 14.3 Å². The fourth-order valence-corrected chi connectivity index (χ4v) is 5.70. The molecule has 8 nitrogen and oxygen atoms in total. The van der Waals surface area contributed by atoms with Crippen LogP contribution < -0.4 is 0 Å². The largest absolute Gasteiger partial charge is 0.465 e. The number of carbonyl (C=O) groups is 3. The van der Waals surface area contributed by atoms with E-state index in [1.807, 2.05) is 11.0 Å². The molecular weight excluding hydrogens is 481 g/mol. The maximum Gasteiger partial charge on any atom is 0.407 e. The Hall–Kier alpha value is -2.03. The number of hydrogen-bond donors (Lipinski definition) is 1. The first kappa shape index (κ1) is 25.1. The van der Waals surface area contributed by atoms with Crippen LogP contribution in [0.2, 0.25) is 10.0 Å². The minimum Gasteiger partial charge on any atom is -0.465 e. The van der Waals surface area contributed by atoms with E-state index in [1.165, 1.54) is 11.9 Å². The minimum absolute atomic E-state index is 0.0292. The number of amides is 3. The molecule has 0 unspecified atom stereocenters. The Labute approximate surface area is 209 Å². The predicted molar refractivity (Wildman–Crippen MR) is 128 cm³/mol. The molecule has 3 fully saturated rings. The van der Waals surface area contributed by atoms with Gasteiger partial charge < -0.3 is 24.5 Å². The van der Waals surface area contributed by atoms with Gasteiger partial charge in [0, 0.05) is 58.1 Å². The molecule has 10 heteroatoms. The second-order valence-corrected chi connectivity index (χ2v) is 10.4. The average molecular weight is 512 g/mol. The first-order valence-corrected chi connectivity index (χ1v) is 12.5. The number of benzene rings is 1. The zero-order valence-electron chi connectivity index (χ0n) is 19.5. The molecule has 2 aliphatic heterocycles. The number of likely N-dealkylation sites (tertiary alicyclic amines) is 2. The van der Waals surface area contributed by atoms with Crippen molar-refractivity contribution in [2.75, 3.05) is 40.3 Å². The number of methoxy groups -OCH3 is 1. The van der Waals surface area contributed by atoms with Crippen LogP contribution >= 0.6 is 23.2 Å². The number of carbonyl (C=O) groups excluding carboxylic acids is 2. The van der Waals surface area contributed by atoms with Crippen LogP contribution in [0.15, 0.2) is 18.2 Å². The molecule has 1 N–H and O–H groups in total. The Morgan fingerprint density at radius 3 is 2.24 bits per heavy atom. The van der Waals surface area contributed by atoms with E-state index in [0.29, 0.717) is 49.1 Å². The van der Waals surface area contributed by atoms with Gasteiger partial charge in [-0.25, -0.2) is 4.79 Å². The van der Waals surface area contributed by atoms with Crippen molar-refractivity contribution in [3.8, 4) is 0 Å². The van der Waals surface area contributed by atoms with E-state index in [0.717, 1.165) is 18.4 Å². The van der Waals surface area contributed by atoms with Crippen LogP contribution in [0.4, 0.5) is 4.79 Å². The van der Waals surface area contributed by atoms with Crippen molar-refractivity contribution in [1.82, 2.24) is 14.7 Å². The summed E-state index contributed by atoms with van der Waals surface area (Å²) < 4.78 is 5.28. The number of carboxylic acid groups (broad SMARTS) is 1. The van der Waals surface area contributed by atoms with E-state index < -0.39 is 6.09 Å². The number of piperidine rings is 1. The lowest BCUT2D eigenvalue weighted by Crippen LogP contribution is -2.49. The lowest BCUT2D eigenvalue weighted by molar-refractivity contribution is -0.147. The van der Waals surface area contributed by atoms with E-state index in [-0.39, 0.29) is 41.7 Å². The highest BCUT2D eigenvalue weighted by Crippen LogP contribution is 2.36. The predicted octanol–water partition coefficient (Wildman–Crippen LogP) is 3.56. The Kier molecular flexibility index (Phi) is 7.60. The van der Waals surface area contributed by atoms with Crippen molar-refractivity contribution >= 4 is 41.1 Å². The lowest BCUT2D eigenvalue weighted by Gasteiger charge is -2.39. The zero-order valence-corrected chi connectivity index (χ0v) is 21.0. The van der Waals surface area contributed by atoms with Crippen LogP contribution in [0.25, 0.3) is 0 Å². The van der Waals surface area contributed by atoms with Crippen LogP contribution in [0.5, 0.6) is 0 Å². The third-order valence-electron chi connectivity index (χ3n) is 7.70. The van der Waals surface area contributed by atoms with Gasteiger partial charge in [0.25, 0.3) is 0 Å². The molecule has 4 rings (SSSR count). The molecule has 1 aromatic rings. The molecule has 0 radical (unpaired) electrons. The summed E-state index contributed by atoms with van der Waals surface area (Å²) in [5.74, 6) is -0.130. The molecular formula is C24H31Cl2N3O5. The highest BCUT2D eigenvalue weighted by molar-refractivity contribution is 6.42. The fourth-order valence-electron chi connectivity index (χ4n) is 5.39. The molecule has 34 heavy (non-hydrogen) atoms. The fraction of sp³-hybridized carbons (Fsp3) is 0.625. The first-order chi connectivity index (χ1) is 16.2. The van der Waals surface area contributed by atoms with E-state index in [2.05, 4.69) is 0 Å². The summed E-state index contributed by atoms with van der Waals surface area (Å²) in [6.45, 7) is 1.89. The lowest BCUT2D eigenvalue weighted by atomic mass is 9.80. The van der Waals surface area contributed by atoms with E-state index >= 15 is 0 Å². The van der Waals surface area contributed by atoms with Crippen LogP contribution in [-0.4, -0.2) is 90.2 Å². The summed E-state index contributed by atoms with van der Waals surface area (Å²) in [4.78, 5) is 42.7. The number of nitrogens with zero attached hydrogens (tertiary/aromatic N) is 3. The van der Waals surface area contributed by atoms with Crippen molar-refractivity contribution in [3.63, 3.8) is 0 Å². The smallest absolute Gasteiger partial charge is 0.407 e. The summed E-state index contributed by atoms with van der Waals surface area (Å²) in [5, 5.41) is 10.4. The third kappa shape index (κ3) is 4.99. The minimum atomic E-state index is -1.04. The highest BCUT2D eigenvalue weighted by Gasteiger charge is 2.43. The molecule has 2 saturated heterocycles. The van der Waals surface area contributed by atoms with Crippen molar-refractivity contribution in [3.05, 3.63) is 33.8 Å². The first-order valence-electron chi connectivity index (χ1n) is 11.7. The summed E-state index contributed by atoms with van der Waals surface area (Å²) in [6, 6.07) is 4.91. The van der Waals surface area contributed by atoms with Gasteiger partial charge >= 0.3 is 6.09 Å². The Balaban J connectivity index is 1.39. The SMILES string of the molecule is COC1CC(C(=O)N2CCC(C(=O)N3C[C@@H](N(C)C(=O)O)[C@H](c4ccc(Cl)c(Cl)c4)C3)CC2)C1. The summed E-state index contributed by atoms with van der Waals surface area (Å²) in [6.07, 6.45) is 1.94. The maximum atomic E-state index is 13.4. The Morgan fingerprint density at radius 1 is 1.00 bits per heavy atom. The zero-order chi connectivity index (χ0) is 24.6. The number of likely N-dealkylation sites (N-methyl/N-ethyl adjacent to an activating group) is 1. The van der Waals surface area contributed by atoms with Crippen LogP contribution in [0.1, 0.15) is 37.2 Å². The van der Waals surface area contributed by atoms with E-state index in [4.69, 9.17) is 27.9 Å². The molecule has 0 aromatic heterocycles. The molecule has 1 aromatic carbocycles. The van der Waals surface area contributed by atoms with Crippen LogP contribution in [0, 0.1) is 11.8 Å². The molecule has 1 aliphatic carbocycles. The Morgan fingerprint density at radius 2 is 1.65 bits per heavy atom. The summed E-state index contributed by atoms with van der Waals surface area (Å²) in [5.41, 5.74) is 0.859. The van der Waals surface area contributed by atoms with E-state index in [9.17, 15) is 19.5 Å². The molecule has 3 aliphatic rings. The average Bonchev–Trinajstić information content (AvgIpc) is 3.24. The van der Waals surface area contributed by atoms with Gasteiger partial charge in [0.2, 0.25) is 11.8 Å². The quantitative estimate of drug-likeness (QED) is 0.652. The van der Waals surface area contributed by atoms with Crippen molar-refractivity contribution < 1.29 is 24.2 Å². The molecule has 1 saturated carbocycles. The van der Waals surface area contributed by atoms with Gasteiger partial charge in [0.05, 0.1) is 22.2 Å². The number of hydrogen-bond acceptors (Lipinski definition) is 4. The molecule has 2 atom stereocenters. The number of halogens is 2. The standard InChI is InChI=1S/C24H31Cl2N3O5/c1-27(24(32)33)21-13-29(12-18(21)15-3-4-19(25)20(26)11-15)22(30)14-5-7-28(8-6-14)23(31)16-9-17(10-16)34-2/h3-4,11,14,16-18,21H,5-10,12-13H2,1-2H3,(H,32,33)/t16?,17?,18-,21+/m0/s1. The number of rotatable bonds is 5. The van der Waals surface area contributed by atoms with E-state index in [1.54, 1.807) is 24.1 Å². The van der Waals surface area contributed by atoms with Crippen molar-refractivity contribution in [2.24, 2.45) is 11.8 Å². The van der Waals surface area contributed by atoms with Crippen molar-refractivity contribution in [2.45, 2.75) is 43.7 Å². The van der Waals surface area contributed by atoms with Gasteiger partial charge in [-0.2, -0.15) is 0 Å². The normalized spacial score (nSPS) is 27.4. The molecule has 186 valence electrons. The topological polar surface area (TPSA) is 90.4 Å². The monoisotopic (exact) mass is 511 g/mol. The van der Waals surface area contributed by atoms with Gasteiger partial charge in [0.1, 0.15) is 0 Å². The second-order valence-electron chi connectivity index (χ2n) is 9.61. The van der Waals surface area contributed by atoms with Gasteiger partial charge in [-0.15, -0.1) is 0 Å². The Bertz CT molecular complexity index is 947. The highest BCUT2D eigenvalue weighted by atomic mass is 35.5.